The molecule has 2 heterocycles. The number of carbonyl (C=O) groups excluding carboxylic acids is 3. The van der Waals surface area contributed by atoms with Crippen LogP contribution >= 0.6 is 0 Å². The number of ether oxygens (including phenoxy) is 3. The molecule has 1 aliphatic carbocycles. The molecule has 1 N–H and O–H groups in total. The molecule has 2 saturated heterocycles. The van der Waals surface area contributed by atoms with Crippen LogP contribution in [0.25, 0.3) is 0 Å². The number of sulfonamides is 1. The monoisotopic (exact) mass is 579 g/mol. The van der Waals surface area contributed by atoms with E-state index >= 15 is 0 Å². The van der Waals surface area contributed by atoms with Gasteiger partial charge in [-0.1, -0.05) is 18.2 Å². The number of amides is 1. The quantitative estimate of drug-likeness (QED) is 0.346. The highest BCUT2D eigenvalue weighted by atomic mass is 32.2. The number of esters is 2. The summed E-state index contributed by atoms with van der Waals surface area (Å²) in [6.45, 7) is 5.47. The van der Waals surface area contributed by atoms with Gasteiger partial charge in [-0.3, -0.25) is 14.6 Å². The van der Waals surface area contributed by atoms with Crippen LogP contribution in [0, 0.1) is 17.8 Å². The molecule has 1 saturated carbocycles. The van der Waals surface area contributed by atoms with Gasteiger partial charge >= 0.3 is 18.0 Å². The summed E-state index contributed by atoms with van der Waals surface area (Å²) in [4.78, 5) is 41.7. The van der Waals surface area contributed by atoms with E-state index < -0.39 is 40.2 Å². The zero-order chi connectivity index (χ0) is 28.9. The lowest BCUT2D eigenvalue weighted by atomic mass is 9.69. The standard InChI is InChI=1S/C28H41N3O8S/c1-4-38-26(32)24-15-22(29-40(35,36)23-9-7-6-8-10-23)18-30(24)16-19-11-12-20-17-31(28(34)37-3)25(14-21(20)13-19)27(33)39-5-2/h6-10,19-22,24-25,29H,4-5,11-18H2,1-3H3. The molecule has 12 heteroatoms. The number of likely N-dealkylation sites (tertiary alicyclic amines) is 2. The first-order valence-corrected chi connectivity index (χ1v) is 15.6. The number of carbonyl (C=O) groups is 3. The predicted octanol–water partition coefficient (Wildman–Crippen LogP) is 2.41. The number of piperidine rings is 1. The first-order valence-electron chi connectivity index (χ1n) is 14.2. The minimum Gasteiger partial charge on any atom is -0.465 e. The second kappa shape index (κ2) is 13.3. The van der Waals surface area contributed by atoms with Crippen molar-refractivity contribution in [2.75, 3.05) is 40.0 Å². The number of nitrogens with zero attached hydrogens (tertiary/aromatic N) is 2. The fraction of sp³-hybridized carbons (Fsp3) is 0.679. The van der Waals surface area contributed by atoms with Crippen LogP contribution in [0.4, 0.5) is 4.79 Å². The highest BCUT2D eigenvalue weighted by Gasteiger charge is 2.46. The normalized spacial score (nSPS) is 28.9. The minimum absolute atomic E-state index is 0.189. The summed E-state index contributed by atoms with van der Waals surface area (Å²) >= 11 is 0. The Kier molecular flexibility index (Phi) is 10.1. The van der Waals surface area contributed by atoms with Crippen LogP contribution in [0.15, 0.2) is 35.2 Å². The van der Waals surface area contributed by atoms with Crippen LogP contribution in [-0.2, 0) is 33.8 Å². The molecule has 0 bridgehead atoms. The van der Waals surface area contributed by atoms with E-state index in [0.29, 0.717) is 32.5 Å². The fourth-order valence-electron chi connectivity index (χ4n) is 6.59. The largest absolute Gasteiger partial charge is 0.465 e. The number of rotatable bonds is 9. The van der Waals surface area contributed by atoms with E-state index in [1.165, 1.54) is 12.0 Å². The molecule has 6 atom stereocenters. The summed E-state index contributed by atoms with van der Waals surface area (Å²) in [6.07, 6.45) is 2.98. The smallest absolute Gasteiger partial charge is 0.410 e. The lowest BCUT2D eigenvalue weighted by molar-refractivity contribution is -0.153. The number of hydrogen-bond acceptors (Lipinski definition) is 9. The van der Waals surface area contributed by atoms with Gasteiger partial charge < -0.3 is 14.2 Å². The van der Waals surface area contributed by atoms with E-state index in [1.807, 2.05) is 4.90 Å². The van der Waals surface area contributed by atoms with E-state index in [9.17, 15) is 22.8 Å². The number of hydrogen-bond donors (Lipinski definition) is 1. The summed E-state index contributed by atoms with van der Waals surface area (Å²) < 4.78 is 44.2. The van der Waals surface area contributed by atoms with Crippen LogP contribution in [0.2, 0.25) is 0 Å². The van der Waals surface area contributed by atoms with Crippen molar-refractivity contribution >= 4 is 28.1 Å². The van der Waals surface area contributed by atoms with E-state index in [1.54, 1.807) is 44.2 Å². The Morgan fingerprint density at radius 2 is 1.57 bits per heavy atom. The van der Waals surface area contributed by atoms with Gasteiger partial charge in [-0.25, -0.2) is 22.7 Å². The maximum atomic E-state index is 13.0. The Labute approximate surface area is 236 Å². The highest BCUT2D eigenvalue weighted by Crippen LogP contribution is 2.42. The van der Waals surface area contributed by atoms with Crippen LogP contribution in [0.5, 0.6) is 0 Å². The molecule has 2 aliphatic heterocycles. The molecule has 222 valence electrons. The second-order valence-corrected chi connectivity index (χ2v) is 12.6. The van der Waals surface area contributed by atoms with Gasteiger partial charge in [-0.15, -0.1) is 0 Å². The Morgan fingerprint density at radius 1 is 0.900 bits per heavy atom. The molecule has 0 radical (unpaired) electrons. The zero-order valence-electron chi connectivity index (χ0n) is 23.5. The number of methoxy groups -OCH3 is 1. The lowest BCUT2D eigenvalue weighted by Gasteiger charge is -2.46. The zero-order valence-corrected chi connectivity index (χ0v) is 24.3. The summed E-state index contributed by atoms with van der Waals surface area (Å²) in [5, 5.41) is 0. The first-order chi connectivity index (χ1) is 19.2. The van der Waals surface area contributed by atoms with Crippen molar-refractivity contribution in [3.05, 3.63) is 30.3 Å². The maximum absolute atomic E-state index is 13.0. The Hall–Kier alpha value is -2.70. The summed E-state index contributed by atoms with van der Waals surface area (Å²) in [7, 11) is -2.41. The van der Waals surface area contributed by atoms with Crippen molar-refractivity contribution in [1.29, 1.82) is 0 Å². The van der Waals surface area contributed by atoms with Crippen LogP contribution in [0.3, 0.4) is 0 Å². The molecule has 1 aromatic carbocycles. The number of benzene rings is 1. The van der Waals surface area contributed by atoms with E-state index in [0.717, 1.165) is 19.3 Å². The SMILES string of the molecule is CCOC(=O)C1CC(NS(=O)(=O)c2ccccc2)CN1CC1CCC2CN(C(=O)OC)C(C(=O)OCC)CC2C1. The van der Waals surface area contributed by atoms with Crippen molar-refractivity contribution in [3.63, 3.8) is 0 Å². The third-order valence-corrected chi connectivity index (χ3v) is 9.92. The van der Waals surface area contributed by atoms with Gasteiger partial charge in [0, 0.05) is 25.7 Å². The Morgan fingerprint density at radius 3 is 2.23 bits per heavy atom. The molecule has 40 heavy (non-hydrogen) atoms. The molecular formula is C28H41N3O8S. The second-order valence-electron chi connectivity index (χ2n) is 10.9. The van der Waals surface area contributed by atoms with Crippen molar-refractivity contribution in [3.8, 4) is 0 Å². The molecule has 1 aromatic rings. The number of nitrogens with one attached hydrogen (secondary N) is 1. The summed E-state index contributed by atoms with van der Waals surface area (Å²) in [5.41, 5.74) is 0. The van der Waals surface area contributed by atoms with Gasteiger partial charge in [-0.2, -0.15) is 0 Å². The van der Waals surface area contributed by atoms with Gasteiger partial charge in [0.25, 0.3) is 0 Å². The average Bonchev–Trinajstić information content (AvgIpc) is 3.33. The average molecular weight is 580 g/mol. The summed E-state index contributed by atoms with van der Waals surface area (Å²) in [5.74, 6) is -0.0125. The van der Waals surface area contributed by atoms with Gasteiger partial charge in [0.1, 0.15) is 12.1 Å². The number of fused-ring (bicyclic) bond motifs is 1. The van der Waals surface area contributed by atoms with Crippen molar-refractivity contribution < 1.29 is 37.0 Å². The molecule has 6 unspecified atom stereocenters. The third-order valence-electron chi connectivity index (χ3n) is 8.38. The molecule has 0 aromatic heterocycles. The van der Waals surface area contributed by atoms with Gasteiger partial charge in [0.2, 0.25) is 10.0 Å². The molecule has 11 nitrogen and oxygen atoms in total. The van der Waals surface area contributed by atoms with E-state index in [-0.39, 0.29) is 41.8 Å². The van der Waals surface area contributed by atoms with Gasteiger partial charge in [0.05, 0.1) is 25.2 Å². The van der Waals surface area contributed by atoms with Crippen molar-refractivity contribution in [2.45, 2.75) is 69.0 Å². The Bertz CT molecular complexity index is 1150. The highest BCUT2D eigenvalue weighted by molar-refractivity contribution is 7.89. The summed E-state index contributed by atoms with van der Waals surface area (Å²) in [6, 6.07) is 6.57. The Balaban J connectivity index is 1.43. The van der Waals surface area contributed by atoms with Crippen molar-refractivity contribution in [1.82, 2.24) is 14.5 Å². The molecule has 3 aliphatic rings. The maximum Gasteiger partial charge on any atom is 0.410 e. The predicted molar refractivity (Wildman–Crippen MR) is 146 cm³/mol. The van der Waals surface area contributed by atoms with Gasteiger partial charge in [-0.05, 0) is 75.8 Å². The molecule has 4 rings (SSSR count). The molecule has 1 amide bonds. The van der Waals surface area contributed by atoms with Crippen LogP contribution in [-0.4, -0.2) is 94.3 Å². The topological polar surface area (TPSA) is 132 Å². The molecular weight excluding hydrogens is 538 g/mol. The fourth-order valence-corrected chi connectivity index (χ4v) is 7.85. The van der Waals surface area contributed by atoms with Crippen LogP contribution in [0.1, 0.15) is 46.0 Å². The lowest BCUT2D eigenvalue weighted by Crippen LogP contribution is -2.55. The van der Waals surface area contributed by atoms with E-state index in [2.05, 4.69) is 4.72 Å². The first kappa shape index (κ1) is 30.3. The van der Waals surface area contributed by atoms with E-state index in [4.69, 9.17) is 14.2 Å². The minimum atomic E-state index is -3.73. The van der Waals surface area contributed by atoms with Gasteiger partial charge in [0.15, 0.2) is 0 Å². The molecule has 3 fully saturated rings. The molecule has 0 spiro atoms. The third kappa shape index (κ3) is 6.95. The van der Waals surface area contributed by atoms with Crippen LogP contribution < -0.4 is 4.72 Å². The van der Waals surface area contributed by atoms with Crippen molar-refractivity contribution in [2.24, 2.45) is 17.8 Å².